The van der Waals surface area contributed by atoms with Crippen molar-refractivity contribution in [3.8, 4) is 5.75 Å². The Morgan fingerprint density at radius 3 is 2.37 bits per heavy atom. The standard InChI is InChI=1S/C29H33ClN2O3/c1-3-4-18-31-29(34)26(19-23-13-6-5-7-14-23)32(20-24-15-9-10-16-25(24)30)28(33)21-35-27-17-11-8-12-22(27)2/h5-17,26H,3-4,18-21H2,1-2H3,(H,31,34)/t26-/m1/s1. The molecule has 0 aliphatic carbocycles. The number of halogens is 1. The Kier molecular flexibility index (Phi) is 10.2. The van der Waals surface area contributed by atoms with Crippen LogP contribution < -0.4 is 10.1 Å². The van der Waals surface area contributed by atoms with Crippen LogP contribution in [0.4, 0.5) is 0 Å². The van der Waals surface area contributed by atoms with E-state index in [1.807, 2.05) is 79.7 Å². The Morgan fingerprint density at radius 2 is 1.66 bits per heavy atom. The molecule has 1 N–H and O–H groups in total. The van der Waals surface area contributed by atoms with E-state index < -0.39 is 6.04 Å². The molecule has 0 aliphatic rings. The molecule has 3 aromatic carbocycles. The van der Waals surface area contributed by atoms with Gasteiger partial charge in [0.1, 0.15) is 11.8 Å². The van der Waals surface area contributed by atoms with Crippen LogP contribution in [-0.4, -0.2) is 35.9 Å². The van der Waals surface area contributed by atoms with E-state index in [9.17, 15) is 9.59 Å². The molecule has 0 aliphatic heterocycles. The molecule has 0 spiro atoms. The van der Waals surface area contributed by atoms with Gasteiger partial charge in [-0.3, -0.25) is 9.59 Å². The van der Waals surface area contributed by atoms with Crippen molar-refractivity contribution >= 4 is 23.4 Å². The van der Waals surface area contributed by atoms with E-state index >= 15 is 0 Å². The average molecular weight is 493 g/mol. The predicted molar refractivity (Wildman–Crippen MR) is 141 cm³/mol. The van der Waals surface area contributed by atoms with Gasteiger partial charge >= 0.3 is 0 Å². The molecule has 3 aromatic rings. The van der Waals surface area contributed by atoms with E-state index in [4.69, 9.17) is 16.3 Å². The van der Waals surface area contributed by atoms with Crippen LogP contribution in [0.25, 0.3) is 0 Å². The normalized spacial score (nSPS) is 11.5. The van der Waals surface area contributed by atoms with Gasteiger partial charge in [-0.2, -0.15) is 0 Å². The summed E-state index contributed by atoms with van der Waals surface area (Å²) < 4.78 is 5.87. The van der Waals surface area contributed by atoms with Gasteiger partial charge in [-0.15, -0.1) is 0 Å². The molecule has 1 atom stereocenters. The number of nitrogens with zero attached hydrogens (tertiary/aromatic N) is 1. The fraction of sp³-hybridized carbons (Fsp3) is 0.310. The van der Waals surface area contributed by atoms with E-state index in [0.29, 0.717) is 23.7 Å². The highest BCUT2D eigenvalue weighted by Gasteiger charge is 2.31. The van der Waals surface area contributed by atoms with Crippen molar-refractivity contribution in [3.63, 3.8) is 0 Å². The first kappa shape index (κ1) is 26.3. The van der Waals surface area contributed by atoms with Crippen LogP contribution in [0.2, 0.25) is 5.02 Å². The van der Waals surface area contributed by atoms with Crippen molar-refractivity contribution in [2.75, 3.05) is 13.2 Å². The molecule has 0 radical (unpaired) electrons. The second-order valence-corrected chi connectivity index (χ2v) is 8.92. The smallest absolute Gasteiger partial charge is 0.261 e. The van der Waals surface area contributed by atoms with Crippen molar-refractivity contribution in [3.05, 3.63) is 101 Å². The summed E-state index contributed by atoms with van der Waals surface area (Å²) in [6.45, 7) is 4.59. The van der Waals surface area contributed by atoms with Crippen molar-refractivity contribution < 1.29 is 14.3 Å². The number of hydrogen-bond acceptors (Lipinski definition) is 3. The molecule has 184 valence electrons. The molecule has 0 heterocycles. The van der Waals surface area contributed by atoms with Gasteiger partial charge in [0, 0.05) is 24.5 Å². The SMILES string of the molecule is CCCCNC(=O)[C@@H](Cc1ccccc1)N(Cc1ccccc1Cl)C(=O)COc1ccccc1C. The fourth-order valence-corrected chi connectivity index (χ4v) is 4.01. The molecule has 0 unspecified atom stereocenters. The Hall–Kier alpha value is -3.31. The van der Waals surface area contributed by atoms with E-state index in [-0.39, 0.29) is 25.0 Å². The third kappa shape index (κ3) is 7.86. The summed E-state index contributed by atoms with van der Waals surface area (Å²) in [7, 11) is 0. The van der Waals surface area contributed by atoms with Crippen LogP contribution in [0.5, 0.6) is 5.75 Å². The lowest BCUT2D eigenvalue weighted by Gasteiger charge is -2.31. The number of hydrogen-bond donors (Lipinski definition) is 1. The predicted octanol–water partition coefficient (Wildman–Crippen LogP) is 5.58. The van der Waals surface area contributed by atoms with Crippen LogP contribution in [0.15, 0.2) is 78.9 Å². The maximum absolute atomic E-state index is 13.6. The number of carbonyl (C=O) groups is 2. The molecule has 35 heavy (non-hydrogen) atoms. The first-order valence-electron chi connectivity index (χ1n) is 12.0. The molecular weight excluding hydrogens is 460 g/mol. The molecule has 2 amide bonds. The number of nitrogens with one attached hydrogen (secondary N) is 1. The quantitative estimate of drug-likeness (QED) is 0.335. The van der Waals surface area contributed by atoms with Crippen LogP contribution in [0.3, 0.4) is 0 Å². The summed E-state index contributed by atoms with van der Waals surface area (Å²) in [5.74, 6) is 0.184. The van der Waals surface area contributed by atoms with Crippen molar-refractivity contribution in [2.45, 2.75) is 45.7 Å². The summed E-state index contributed by atoms with van der Waals surface area (Å²) >= 11 is 6.44. The number of aryl methyl sites for hydroxylation is 1. The van der Waals surface area contributed by atoms with Gasteiger partial charge in [-0.1, -0.05) is 91.7 Å². The second kappa shape index (κ2) is 13.5. The molecular formula is C29H33ClN2O3. The Bertz CT molecular complexity index is 1100. The van der Waals surface area contributed by atoms with Gasteiger partial charge in [0.25, 0.3) is 5.91 Å². The maximum Gasteiger partial charge on any atom is 0.261 e. The van der Waals surface area contributed by atoms with Crippen molar-refractivity contribution in [1.82, 2.24) is 10.2 Å². The minimum Gasteiger partial charge on any atom is -0.484 e. The van der Waals surface area contributed by atoms with Crippen LogP contribution in [-0.2, 0) is 22.6 Å². The first-order chi connectivity index (χ1) is 17.0. The summed E-state index contributed by atoms with van der Waals surface area (Å²) in [6.07, 6.45) is 2.23. The number of carbonyl (C=O) groups excluding carboxylic acids is 2. The molecule has 3 rings (SSSR count). The highest BCUT2D eigenvalue weighted by molar-refractivity contribution is 6.31. The summed E-state index contributed by atoms with van der Waals surface area (Å²) in [6, 6.07) is 24.0. The lowest BCUT2D eigenvalue weighted by Crippen LogP contribution is -2.51. The maximum atomic E-state index is 13.6. The number of unbranched alkanes of at least 4 members (excludes halogenated alkanes) is 1. The average Bonchev–Trinajstić information content (AvgIpc) is 2.87. The van der Waals surface area contributed by atoms with Crippen molar-refractivity contribution in [2.24, 2.45) is 0 Å². The van der Waals surface area contributed by atoms with Gasteiger partial charge in [0.2, 0.25) is 5.91 Å². The molecule has 0 fully saturated rings. The van der Waals surface area contributed by atoms with Crippen molar-refractivity contribution in [1.29, 1.82) is 0 Å². The molecule has 0 saturated carbocycles. The number of amides is 2. The highest BCUT2D eigenvalue weighted by Crippen LogP contribution is 2.21. The molecule has 5 nitrogen and oxygen atoms in total. The Labute approximate surface area is 213 Å². The van der Waals surface area contributed by atoms with Crippen LogP contribution in [0.1, 0.15) is 36.5 Å². The zero-order valence-electron chi connectivity index (χ0n) is 20.4. The van der Waals surface area contributed by atoms with Gasteiger partial charge < -0.3 is 15.0 Å². The van der Waals surface area contributed by atoms with E-state index in [0.717, 1.165) is 29.5 Å². The lowest BCUT2D eigenvalue weighted by molar-refractivity contribution is -0.142. The number of ether oxygens (including phenoxy) is 1. The monoisotopic (exact) mass is 492 g/mol. The van der Waals surface area contributed by atoms with Crippen LogP contribution >= 0.6 is 11.6 Å². The number of rotatable bonds is 12. The summed E-state index contributed by atoms with van der Waals surface area (Å²) in [5.41, 5.74) is 2.69. The minimum absolute atomic E-state index is 0.178. The summed E-state index contributed by atoms with van der Waals surface area (Å²) in [4.78, 5) is 28.6. The van der Waals surface area contributed by atoms with E-state index in [1.54, 1.807) is 11.0 Å². The molecule has 0 saturated heterocycles. The molecule has 0 bridgehead atoms. The zero-order valence-corrected chi connectivity index (χ0v) is 21.1. The van der Waals surface area contributed by atoms with Gasteiger partial charge in [-0.25, -0.2) is 0 Å². The third-order valence-corrected chi connectivity index (χ3v) is 6.21. The second-order valence-electron chi connectivity index (χ2n) is 8.52. The van der Waals surface area contributed by atoms with E-state index in [2.05, 4.69) is 12.2 Å². The lowest BCUT2D eigenvalue weighted by atomic mass is 10.0. The molecule has 0 aromatic heterocycles. The largest absolute Gasteiger partial charge is 0.484 e. The van der Waals surface area contributed by atoms with Crippen LogP contribution in [0, 0.1) is 6.92 Å². The Balaban J connectivity index is 1.90. The van der Waals surface area contributed by atoms with E-state index in [1.165, 1.54) is 0 Å². The zero-order chi connectivity index (χ0) is 25.0. The minimum atomic E-state index is -0.710. The third-order valence-electron chi connectivity index (χ3n) is 5.84. The molecule has 6 heteroatoms. The fourth-order valence-electron chi connectivity index (χ4n) is 3.81. The van der Waals surface area contributed by atoms with Gasteiger partial charge in [0.15, 0.2) is 6.61 Å². The topological polar surface area (TPSA) is 58.6 Å². The van der Waals surface area contributed by atoms with Gasteiger partial charge in [0.05, 0.1) is 0 Å². The summed E-state index contributed by atoms with van der Waals surface area (Å²) in [5, 5.41) is 3.57. The van der Waals surface area contributed by atoms with Gasteiger partial charge in [-0.05, 0) is 42.2 Å². The number of benzene rings is 3. The highest BCUT2D eigenvalue weighted by atomic mass is 35.5. The number of para-hydroxylation sites is 1. The first-order valence-corrected chi connectivity index (χ1v) is 12.4. The Morgan fingerprint density at radius 1 is 0.971 bits per heavy atom.